The van der Waals surface area contributed by atoms with Crippen molar-refractivity contribution in [3.63, 3.8) is 0 Å². The summed E-state index contributed by atoms with van der Waals surface area (Å²) in [5, 5.41) is 11.6. The molecule has 0 fully saturated rings. The first-order valence-electron chi connectivity index (χ1n) is 6.65. The lowest BCUT2D eigenvalue weighted by Gasteiger charge is -2.15. The molecule has 0 aliphatic rings. The van der Waals surface area contributed by atoms with Crippen LogP contribution >= 0.6 is 12.2 Å². The second-order valence-corrected chi connectivity index (χ2v) is 4.48. The lowest BCUT2D eigenvalue weighted by Crippen LogP contribution is -2.21. The van der Waals surface area contributed by atoms with Gasteiger partial charge in [-0.2, -0.15) is 5.10 Å². The summed E-state index contributed by atoms with van der Waals surface area (Å²) in [5.41, 5.74) is 8.70. The molecule has 6 heteroatoms. The van der Waals surface area contributed by atoms with Crippen molar-refractivity contribution < 1.29 is 4.74 Å². The van der Waals surface area contributed by atoms with Gasteiger partial charge >= 0.3 is 0 Å². The number of rotatable bonds is 8. The summed E-state index contributed by atoms with van der Waals surface area (Å²) in [6, 6.07) is 0. The Bertz CT molecular complexity index is 437. The van der Waals surface area contributed by atoms with Crippen molar-refractivity contribution in [2.24, 2.45) is 5.73 Å². The van der Waals surface area contributed by atoms with E-state index >= 15 is 0 Å². The molecule has 0 bridgehead atoms. The van der Waals surface area contributed by atoms with E-state index in [9.17, 15) is 0 Å². The number of ether oxygens (including phenoxy) is 1. The third kappa shape index (κ3) is 4.11. The van der Waals surface area contributed by atoms with Gasteiger partial charge in [-0.3, -0.25) is 0 Å². The van der Waals surface area contributed by atoms with E-state index in [4.69, 9.17) is 22.7 Å². The van der Waals surface area contributed by atoms with Crippen molar-refractivity contribution >= 4 is 23.0 Å². The highest BCUT2D eigenvalue weighted by atomic mass is 32.1. The minimum Gasteiger partial charge on any atom is -0.389 e. The fourth-order valence-corrected chi connectivity index (χ4v) is 2.17. The topological polar surface area (TPSA) is 73.1 Å². The minimum atomic E-state index is 0.361. The zero-order valence-electron chi connectivity index (χ0n) is 11.8. The first kappa shape index (κ1) is 15.8. The number of nitrogens with two attached hydrogens (primary N) is 1. The fraction of sp³-hybridized carbons (Fsp3) is 0.615. The molecule has 0 aliphatic carbocycles. The van der Waals surface area contributed by atoms with Crippen LogP contribution in [0.2, 0.25) is 0 Å². The van der Waals surface area contributed by atoms with Gasteiger partial charge in [-0.15, -0.1) is 5.10 Å². The van der Waals surface area contributed by atoms with E-state index in [1.807, 2.05) is 6.92 Å². The predicted molar refractivity (Wildman–Crippen MR) is 81.7 cm³/mol. The van der Waals surface area contributed by atoms with Crippen molar-refractivity contribution in [1.82, 2.24) is 10.2 Å². The molecule has 5 nitrogen and oxygen atoms in total. The SMILES string of the molecule is CCOCCNc1nnc(CC)c(CC)c1C(N)=S. The zero-order chi connectivity index (χ0) is 14.3. The standard InChI is InChI=1S/C13H22N4OS/c1-4-9-10(5-2)16-17-13(11(9)12(14)19)15-7-8-18-6-3/h4-8H2,1-3H3,(H2,14,19)(H,15,17). The van der Waals surface area contributed by atoms with Crippen LogP contribution in [-0.2, 0) is 17.6 Å². The van der Waals surface area contributed by atoms with Crippen molar-refractivity contribution in [3.05, 3.63) is 16.8 Å². The van der Waals surface area contributed by atoms with E-state index in [-0.39, 0.29) is 0 Å². The predicted octanol–water partition coefficient (Wildman–Crippen LogP) is 1.68. The minimum absolute atomic E-state index is 0.361. The largest absolute Gasteiger partial charge is 0.389 e. The summed E-state index contributed by atoms with van der Waals surface area (Å²) < 4.78 is 5.28. The maximum absolute atomic E-state index is 5.84. The number of hydrogen-bond donors (Lipinski definition) is 2. The van der Waals surface area contributed by atoms with E-state index in [1.165, 1.54) is 0 Å². The molecule has 0 aliphatic heterocycles. The van der Waals surface area contributed by atoms with E-state index in [0.29, 0.717) is 30.6 Å². The van der Waals surface area contributed by atoms with Gasteiger partial charge in [0.25, 0.3) is 0 Å². The first-order valence-corrected chi connectivity index (χ1v) is 7.06. The van der Waals surface area contributed by atoms with Gasteiger partial charge in [-0.1, -0.05) is 26.1 Å². The highest BCUT2D eigenvalue weighted by Gasteiger charge is 2.16. The van der Waals surface area contributed by atoms with E-state index in [2.05, 4.69) is 29.4 Å². The first-order chi connectivity index (χ1) is 9.15. The Balaban J connectivity index is 3.00. The third-order valence-electron chi connectivity index (χ3n) is 2.84. The smallest absolute Gasteiger partial charge is 0.159 e. The molecule has 1 aromatic heterocycles. The Labute approximate surface area is 119 Å². The fourth-order valence-electron chi connectivity index (χ4n) is 1.95. The Morgan fingerprint density at radius 3 is 2.53 bits per heavy atom. The molecule has 0 radical (unpaired) electrons. The number of anilines is 1. The molecular weight excluding hydrogens is 260 g/mol. The highest BCUT2D eigenvalue weighted by molar-refractivity contribution is 7.80. The Morgan fingerprint density at radius 2 is 2.00 bits per heavy atom. The highest BCUT2D eigenvalue weighted by Crippen LogP contribution is 2.20. The second kappa shape index (κ2) is 8.01. The maximum Gasteiger partial charge on any atom is 0.159 e. The van der Waals surface area contributed by atoms with Crippen molar-refractivity contribution in [2.75, 3.05) is 25.1 Å². The van der Waals surface area contributed by atoms with Gasteiger partial charge in [0.05, 0.1) is 17.9 Å². The third-order valence-corrected chi connectivity index (χ3v) is 3.04. The van der Waals surface area contributed by atoms with Gasteiger partial charge in [-0.05, 0) is 25.3 Å². The molecule has 1 aromatic rings. The molecule has 106 valence electrons. The zero-order valence-corrected chi connectivity index (χ0v) is 12.6. The van der Waals surface area contributed by atoms with Gasteiger partial charge in [0.1, 0.15) is 4.99 Å². The summed E-state index contributed by atoms with van der Waals surface area (Å²) in [5.74, 6) is 0.654. The number of hydrogen-bond acceptors (Lipinski definition) is 5. The molecule has 1 heterocycles. The van der Waals surface area contributed by atoms with E-state index in [1.54, 1.807) is 0 Å². The quantitative estimate of drug-likeness (QED) is 0.558. The second-order valence-electron chi connectivity index (χ2n) is 4.04. The number of aromatic nitrogens is 2. The van der Waals surface area contributed by atoms with Crippen LogP contribution in [0.4, 0.5) is 5.82 Å². The molecule has 0 saturated heterocycles. The summed E-state index contributed by atoms with van der Waals surface area (Å²) in [7, 11) is 0. The molecular formula is C13H22N4OS. The van der Waals surface area contributed by atoms with Gasteiger partial charge in [0.2, 0.25) is 0 Å². The molecule has 0 aromatic carbocycles. The molecule has 0 saturated carbocycles. The number of thiocarbonyl (C=S) groups is 1. The lowest BCUT2D eigenvalue weighted by molar-refractivity contribution is 0.158. The van der Waals surface area contributed by atoms with E-state index < -0.39 is 0 Å². The van der Waals surface area contributed by atoms with Crippen LogP contribution < -0.4 is 11.1 Å². The summed E-state index contributed by atoms with van der Waals surface area (Å²) in [4.78, 5) is 0.361. The molecule has 0 spiro atoms. The van der Waals surface area contributed by atoms with Crippen LogP contribution in [0, 0.1) is 0 Å². The Morgan fingerprint density at radius 1 is 1.26 bits per heavy atom. The van der Waals surface area contributed by atoms with Crippen LogP contribution in [0.3, 0.4) is 0 Å². The van der Waals surface area contributed by atoms with Crippen molar-refractivity contribution in [3.8, 4) is 0 Å². The van der Waals surface area contributed by atoms with Crippen LogP contribution in [0.5, 0.6) is 0 Å². The molecule has 0 amide bonds. The van der Waals surface area contributed by atoms with Gasteiger partial charge in [-0.25, -0.2) is 0 Å². The average molecular weight is 282 g/mol. The Hall–Kier alpha value is -1.27. The molecule has 0 atom stereocenters. The van der Waals surface area contributed by atoms with Gasteiger partial charge < -0.3 is 15.8 Å². The monoisotopic (exact) mass is 282 g/mol. The normalized spacial score (nSPS) is 10.5. The van der Waals surface area contributed by atoms with Gasteiger partial charge in [0.15, 0.2) is 5.82 Å². The molecule has 3 N–H and O–H groups in total. The van der Waals surface area contributed by atoms with Crippen LogP contribution in [0.1, 0.15) is 37.6 Å². The molecule has 0 unspecified atom stereocenters. The van der Waals surface area contributed by atoms with Crippen LogP contribution in [0.25, 0.3) is 0 Å². The maximum atomic E-state index is 5.84. The van der Waals surface area contributed by atoms with Crippen LogP contribution in [0.15, 0.2) is 0 Å². The Kier molecular flexibility index (Phi) is 6.66. The van der Waals surface area contributed by atoms with Crippen molar-refractivity contribution in [2.45, 2.75) is 33.6 Å². The summed E-state index contributed by atoms with van der Waals surface area (Å²) >= 11 is 5.15. The number of aryl methyl sites for hydroxylation is 1. The number of nitrogens with one attached hydrogen (secondary N) is 1. The molecule has 1 rings (SSSR count). The lowest BCUT2D eigenvalue weighted by atomic mass is 10.0. The summed E-state index contributed by atoms with van der Waals surface area (Å²) in [6.45, 7) is 8.06. The summed E-state index contributed by atoms with van der Waals surface area (Å²) in [6.07, 6.45) is 1.66. The van der Waals surface area contributed by atoms with Gasteiger partial charge in [0, 0.05) is 13.2 Å². The van der Waals surface area contributed by atoms with Crippen LogP contribution in [-0.4, -0.2) is 34.9 Å². The molecule has 19 heavy (non-hydrogen) atoms. The van der Waals surface area contributed by atoms with E-state index in [0.717, 1.165) is 29.7 Å². The number of nitrogens with zero attached hydrogens (tertiary/aromatic N) is 2. The van der Waals surface area contributed by atoms with Crippen molar-refractivity contribution in [1.29, 1.82) is 0 Å². The average Bonchev–Trinajstić information content (AvgIpc) is 2.42.